The van der Waals surface area contributed by atoms with Crippen molar-refractivity contribution in [2.45, 2.75) is 25.8 Å². The molecule has 3 aromatic carbocycles. The van der Waals surface area contributed by atoms with Crippen molar-refractivity contribution >= 4 is 62.8 Å². The minimum atomic E-state index is -2.62. The molecule has 2 atom stereocenters. The molecule has 0 saturated carbocycles. The zero-order chi connectivity index (χ0) is 30.3. The summed E-state index contributed by atoms with van der Waals surface area (Å²) in [6.07, 6.45) is 1.90. The van der Waals surface area contributed by atoms with Crippen molar-refractivity contribution in [2.24, 2.45) is 10.2 Å². The van der Waals surface area contributed by atoms with Crippen LogP contribution in [0.4, 0.5) is 23.0 Å². The van der Waals surface area contributed by atoms with Crippen LogP contribution >= 0.6 is 11.6 Å². The van der Waals surface area contributed by atoms with E-state index in [1.807, 2.05) is 6.07 Å². The third kappa shape index (κ3) is 7.22. The number of likely N-dealkylation sites (tertiary alicyclic amines) is 1. The topological polar surface area (TPSA) is 147 Å². The number of likely N-dealkylation sites (N-methyl/N-ethyl adjacent to an activating group) is 1. The van der Waals surface area contributed by atoms with Crippen molar-refractivity contribution in [3.8, 4) is 5.75 Å². The zero-order valence-corrected chi connectivity index (χ0v) is 25.1. The molecule has 2 N–H and O–H groups in total. The minimum absolute atomic E-state index is 0.0145. The highest BCUT2D eigenvalue weighted by molar-refractivity contribution is 7.81. The summed E-state index contributed by atoms with van der Waals surface area (Å²) in [5.41, 5.74) is 1.84. The van der Waals surface area contributed by atoms with Gasteiger partial charge >= 0.3 is 5.91 Å². The van der Waals surface area contributed by atoms with Crippen molar-refractivity contribution in [3.63, 3.8) is 0 Å². The first-order valence-corrected chi connectivity index (χ1v) is 15.1. The van der Waals surface area contributed by atoms with Crippen molar-refractivity contribution < 1.29 is 18.3 Å². The molecular formula is C29H30ClN8O4S+. The van der Waals surface area contributed by atoms with E-state index in [2.05, 4.69) is 42.2 Å². The Morgan fingerprint density at radius 1 is 1.19 bits per heavy atom. The monoisotopic (exact) mass is 621 g/mol. The number of hydrogen-bond donors (Lipinski definition) is 2. The summed E-state index contributed by atoms with van der Waals surface area (Å²) in [5.74, 6) is 0.0871. The van der Waals surface area contributed by atoms with Crippen molar-refractivity contribution in [1.29, 1.82) is 0 Å². The maximum Gasteiger partial charge on any atom is 0.360 e. The van der Waals surface area contributed by atoms with Gasteiger partial charge in [0.25, 0.3) is 11.3 Å². The average Bonchev–Trinajstić information content (AvgIpc) is 3.02. The number of hydrogen-bond acceptors (Lipinski definition) is 8. The SMILES string of the molecule is CCN1CCCC(N=[N+]=NC(=O)c2cccc(N(c3nc4ccccc4nc3Nc3cc(OC)ccc3Cl)S(=O)O)c2)C1. The maximum atomic E-state index is 12.9. The Morgan fingerprint density at radius 2 is 1.98 bits per heavy atom. The number of aromatic nitrogens is 2. The molecule has 12 nitrogen and oxygen atoms in total. The molecule has 1 fully saturated rings. The van der Waals surface area contributed by atoms with Crippen LogP contribution in [0.3, 0.4) is 0 Å². The lowest BCUT2D eigenvalue weighted by Crippen LogP contribution is -2.37. The van der Waals surface area contributed by atoms with Crippen LogP contribution in [-0.4, -0.2) is 62.3 Å². The first kappa shape index (κ1) is 30.2. The molecule has 43 heavy (non-hydrogen) atoms. The summed E-state index contributed by atoms with van der Waals surface area (Å²) < 4.78 is 29.7. The van der Waals surface area contributed by atoms with E-state index in [1.165, 1.54) is 13.2 Å². The first-order chi connectivity index (χ1) is 20.9. The molecule has 1 aliphatic rings. The van der Waals surface area contributed by atoms with Gasteiger partial charge in [0.2, 0.25) is 10.0 Å². The van der Waals surface area contributed by atoms with Crippen LogP contribution in [0.25, 0.3) is 11.0 Å². The summed E-state index contributed by atoms with van der Waals surface area (Å²) in [6.45, 7) is 4.84. The molecule has 14 heteroatoms. The number of anilines is 4. The van der Waals surface area contributed by atoms with E-state index in [0.717, 1.165) is 36.8 Å². The third-order valence-corrected chi connectivity index (χ3v) is 7.96. The number of piperidine rings is 1. The summed E-state index contributed by atoms with van der Waals surface area (Å²) in [4.78, 5) is 28.3. The second-order valence-corrected chi connectivity index (χ2v) is 11.0. The van der Waals surface area contributed by atoms with Crippen molar-refractivity contribution in [2.75, 3.05) is 36.4 Å². The number of benzene rings is 3. The van der Waals surface area contributed by atoms with Gasteiger partial charge in [-0.25, -0.2) is 18.5 Å². The van der Waals surface area contributed by atoms with Gasteiger partial charge < -0.3 is 15.0 Å². The molecule has 222 valence electrons. The van der Waals surface area contributed by atoms with Crippen LogP contribution in [0.2, 0.25) is 5.02 Å². The highest BCUT2D eigenvalue weighted by Gasteiger charge is 2.25. The quantitative estimate of drug-likeness (QED) is 0.133. The van der Waals surface area contributed by atoms with Gasteiger partial charge in [-0.1, -0.05) is 36.7 Å². The van der Waals surface area contributed by atoms with Crippen molar-refractivity contribution in [3.05, 3.63) is 77.3 Å². The Hall–Kier alpha value is -4.26. The number of fused-ring (bicyclic) bond motifs is 1. The summed E-state index contributed by atoms with van der Waals surface area (Å²) in [6, 6.07) is 18.3. The molecule has 1 aliphatic heterocycles. The van der Waals surface area contributed by atoms with Crippen LogP contribution in [0.15, 0.2) is 77.0 Å². The largest absolute Gasteiger partial charge is 0.497 e. The van der Waals surface area contributed by atoms with E-state index < -0.39 is 17.2 Å². The van der Waals surface area contributed by atoms with E-state index in [4.69, 9.17) is 16.3 Å². The summed E-state index contributed by atoms with van der Waals surface area (Å²) in [7, 11) is 1.53. The lowest BCUT2D eigenvalue weighted by Gasteiger charge is -2.26. The lowest BCUT2D eigenvalue weighted by atomic mass is 10.1. The van der Waals surface area contributed by atoms with Gasteiger partial charge in [0, 0.05) is 12.6 Å². The Bertz CT molecular complexity index is 1730. The number of carbonyl (C=O) groups excluding carboxylic acids is 1. The predicted octanol–water partition coefficient (Wildman–Crippen LogP) is 5.91. The zero-order valence-electron chi connectivity index (χ0n) is 23.6. The Kier molecular flexibility index (Phi) is 9.70. The standard InChI is InChI=1S/C29H29ClN8O4S/c1-3-37-15-7-9-20(18-37)34-36-35-29(39)19-8-6-10-21(16-19)38(43(40)41)28-27(31-24-11-4-5-12-25(24)33-28)32-26-17-22(42-2)13-14-23(26)30/h4-6,8,10-14,16-17,20H,3,7,9,15,18H2,1-2H3,(H-,31,32,40,41)/p+1. The smallest absolute Gasteiger partial charge is 0.360 e. The normalized spacial score (nSPS) is 15.8. The molecule has 5 rings (SSSR count). The fourth-order valence-corrected chi connectivity index (χ4v) is 5.47. The van der Waals surface area contributed by atoms with Crippen molar-refractivity contribution in [1.82, 2.24) is 19.8 Å². The predicted molar refractivity (Wildman–Crippen MR) is 167 cm³/mol. The van der Waals surface area contributed by atoms with Gasteiger partial charge in [0.15, 0.2) is 11.6 Å². The molecule has 0 spiro atoms. The number of rotatable bonds is 9. The van der Waals surface area contributed by atoms with Gasteiger partial charge in [0.1, 0.15) is 16.9 Å². The molecule has 2 unspecified atom stereocenters. The van der Waals surface area contributed by atoms with Crippen LogP contribution < -0.4 is 19.3 Å². The number of para-hydroxylation sites is 2. The first-order valence-electron chi connectivity index (χ1n) is 13.6. The van der Waals surface area contributed by atoms with Crippen LogP contribution in [0.1, 0.15) is 30.1 Å². The van der Waals surface area contributed by atoms with E-state index in [0.29, 0.717) is 27.5 Å². The molecule has 0 aliphatic carbocycles. The van der Waals surface area contributed by atoms with Crippen LogP contribution in [-0.2, 0) is 11.3 Å². The Balaban J connectivity index is 1.50. The molecule has 1 amide bonds. The molecule has 1 saturated heterocycles. The molecule has 2 heterocycles. The number of nitrogens with zero attached hydrogens (tertiary/aromatic N) is 7. The number of amides is 1. The van der Waals surface area contributed by atoms with Gasteiger partial charge in [-0.3, -0.25) is 9.35 Å². The van der Waals surface area contributed by atoms with Gasteiger partial charge in [0.05, 0.1) is 40.1 Å². The molecule has 0 bridgehead atoms. The highest BCUT2D eigenvalue weighted by Crippen LogP contribution is 2.36. The highest BCUT2D eigenvalue weighted by atomic mass is 35.5. The second kappa shape index (κ2) is 13.8. The molecule has 1 aromatic heterocycles. The maximum absolute atomic E-state index is 12.9. The third-order valence-electron chi connectivity index (χ3n) is 6.93. The van der Waals surface area contributed by atoms with E-state index >= 15 is 0 Å². The lowest BCUT2D eigenvalue weighted by molar-refractivity contribution is 0.0991. The molecule has 4 aromatic rings. The van der Waals surface area contributed by atoms with Crippen LogP contribution in [0, 0.1) is 0 Å². The van der Waals surface area contributed by atoms with Gasteiger partial charge in [-0.2, -0.15) is 0 Å². The number of methoxy groups -OCH3 is 1. The average molecular weight is 622 g/mol. The molecular weight excluding hydrogens is 592 g/mol. The van der Waals surface area contributed by atoms with Crippen LogP contribution in [0.5, 0.6) is 5.75 Å². The summed E-state index contributed by atoms with van der Waals surface area (Å²) in [5, 5.41) is 11.5. The number of carbonyl (C=O) groups is 1. The number of ether oxygens (including phenoxy) is 1. The van der Waals surface area contributed by atoms with Gasteiger partial charge in [-0.05, 0) is 68.4 Å². The van der Waals surface area contributed by atoms with E-state index in [-0.39, 0.29) is 28.9 Å². The minimum Gasteiger partial charge on any atom is -0.497 e. The fraction of sp³-hybridized carbons (Fsp3) is 0.276. The van der Waals surface area contributed by atoms with E-state index in [9.17, 15) is 13.6 Å². The second-order valence-electron chi connectivity index (χ2n) is 9.73. The van der Waals surface area contributed by atoms with Gasteiger partial charge in [-0.15, -0.1) is 0 Å². The van der Waals surface area contributed by atoms with E-state index in [1.54, 1.807) is 54.6 Å². The number of nitrogens with one attached hydrogen (secondary N) is 1. The fourth-order valence-electron chi connectivity index (χ4n) is 4.73. The number of halogens is 1. The summed E-state index contributed by atoms with van der Waals surface area (Å²) >= 11 is 3.82. The Labute approximate surface area is 255 Å². The Morgan fingerprint density at radius 3 is 2.72 bits per heavy atom. The molecule has 0 radical (unpaired) electrons.